The van der Waals surface area contributed by atoms with Crippen LogP contribution in [0.4, 0.5) is 0 Å². The van der Waals surface area contributed by atoms with Crippen LogP contribution in [-0.4, -0.2) is 17.8 Å². The summed E-state index contributed by atoms with van der Waals surface area (Å²) in [5.74, 6) is 0.0457. The molecule has 17 heavy (non-hydrogen) atoms. The highest BCUT2D eigenvalue weighted by atomic mass is 79.9. The van der Waals surface area contributed by atoms with Crippen LogP contribution < -0.4 is 5.73 Å². The van der Waals surface area contributed by atoms with Gasteiger partial charge in [0.25, 0.3) is 0 Å². The van der Waals surface area contributed by atoms with Crippen molar-refractivity contribution in [1.29, 1.82) is 0 Å². The third-order valence-electron chi connectivity index (χ3n) is 3.10. The van der Waals surface area contributed by atoms with Crippen LogP contribution in [0.25, 0.3) is 0 Å². The molecule has 0 amide bonds. The monoisotopic (exact) mass is 299 g/mol. The van der Waals surface area contributed by atoms with Crippen LogP contribution in [0.3, 0.4) is 0 Å². The Kier molecular flexibility index (Phi) is 6.78. The molecule has 0 bridgehead atoms. The summed E-state index contributed by atoms with van der Waals surface area (Å²) in [6.45, 7) is 2.66. The van der Waals surface area contributed by atoms with Gasteiger partial charge in [-0.25, -0.2) is 0 Å². The molecule has 0 saturated carbocycles. The van der Waals surface area contributed by atoms with E-state index in [-0.39, 0.29) is 12.0 Å². The van der Waals surface area contributed by atoms with Crippen LogP contribution in [-0.2, 0) is 0 Å². The van der Waals surface area contributed by atoms with Gasteiger partial charge in [-0.1, -0.05) is 54.2 Å². The highest BCUT2D eigenvalue weighted by molar-refractivity contribution is 9.10. The normalized spacial score (nSPS) is 14.6. The molecule has 1 rings (SSSR count). The van der Waals surface area contributed by atoms with Gasteiger partial charge < -0.3 is 10.8 Å². The first-order chi connectivity index (χ1) is 8.19. The number of unbranched alkanes of at least 4 members (excludes halogenated alkanes) is 2. The molecule has 2 atom stereocenters. The average Bonchev–Trinajstić information content (AvgIpc) is 2.30. The van der Waals surface area contributed by atoms with Crippen molar-refractivity contribution in [1.82, 2.24) is 0 Å². The first-order valence-corrected chi connectivity index (χ1v) is 7.12. The Hall–Kier alpha value is -0.380. The van der Waals surface area contributed by atoms with E-state index >= 15 is 0 Å². The molecule has 0 saturated heterocycles. The van der Waals surface area contributed by atoms with Crippen LogP contribution in [0.1, 0.15) is 44.1 Å². The van der Waals surface area contributed by atoms with E-state index in [0.717, 1.165) is 22.9 Å². The summed E-state index contributed by atoms with van der Waals surface area (Å²) in [7, 11) is 0. The molecule has 0 radical (unpaired) electrons. The maximum atomic E-state index is 10.2. The Labute approximate surface area is 112 Å². The van der Waals surface area contributed by atoms with Gasteiger partial charge in [0.1, 0.15) is 0 Å². The Morgan fingerprint density at radius 3 is 2.71 bits per heavy atom. The van der Waals surface area contributed by atoms with Crippen molar-refractivity contribution < 1.29 is 5.11 Å². The highest BCUT2D eigenvalue weighted by Crippen LogP contribution is 2.24. The second kappa shape index (κ2) is 7.85. The molecule has 0 heterocycles. The first-order valence-electron chi connectivity index (χ1n) is 6.32. The molecule has 2 unspecified atom stereocenters. The van der Waals surface area contributed by atoms with Gasteiger partial charge in [0, 0.05) is 16.9 Å². The van der Waals surface area contributed by atoms with Crippen LogP contribution in [0.15, 0.2) is 28.7 Å². The highest BCUT2D eigenvalue weighted by Gasteiger charge is 2.19. The van der Waals surface area contributed by atoms with Crippen molar-refractivity contribution in [3.63, 3.8) is 0 Å². The summed E-state index contributed by atoms with van der Waals surface area (Å²) >= 11 is 3.45. The van der Waals surface area contributed by atoms with Gasteiger partial charge in [-0.15, -0.1) is 0 Å². The van der Waals surface area contributed by atoms with Crippen molar-refractivity contribution in [2.45, 2.75) is 44.6 Å². The summed E-state index contributed by atoms with van der Waals surface area (Å²) < 4.78 is 1.04. The number of nitrogens with two attached hydrogens (primary N) is 1. The third kappa shape index (κ3) is 4.78. The van der Waals surface area contributed by atoms with Crippen LogP contribution in [0, 0.1) is 0 Å². The predicted molar refractivity (Wildman–Crippen MR) is 76.1 cm³/mol. The van der Waals surface area contributed by atoms with Crippen molar-refractivity contribution in [2.75, 3.05) is 6.54 Å². The zero-order chi connectivity index (χ0) is 12.7. The van der Waals surface area contributed by atoms with Gasteiger partial charge in [-0.3, -0.25) is 0 Å². The van der Waals surface area contributed by atoms with Crippen molar-refractivity contribution >= 4 is 15.9 Å². The Bertz CT molecular complexity index is 330. The number of hydrogen-bond donors (Lipinski definition) is 2. The van der Waals surface area contributed by atoms with E-state index in [2.05, 4.69) is 22.9 Å². The lowest BCUT2D eigenvalue weighted by Crippen LogP contribution is -2.25. The SMILES string of the molecule is CCCCCC(O)C(CN)c1cccc(Br)c1. The Morgan fingerprint density at radius 2 is 2.12 bits per heavy atom. The van der Waals surface area contributed by atoms with Gasteiger partial charge in [0.15, 0.2) is 0 Å². The number of aliphatic hydroxyl groups excluding tert-OH is 1. The van der Waals surface area contributed by atoms with Crippen molar-refractivity contribution in [2.24, 2.45) is 5.73 Å². The van der Waals surface area contributed by atoms with Crippen molar-refractivity contribution in [3.05, 3.63) is 34.3 Å². The molecule has 2 nitrogen and oxygen atoms in total. The molecule has 0 aliphatic heterocycles. The molecular formula is C14H22BrNO. The molecule has 0 aromatic heterocycles. The number of aliphatic hydroxyl groups is 1. The lowest BCUT2D eigenvalue weighted by atomic mass is 9.90. The van der Waals surface area contributed by atoms with E-state index < -0.39 is 0 Å². The fourth-order valence-electron chi connectivity index (χ4n) is 2.06. The molecule has 0 fully saturated rings. The molecule has 3 N–H and O–H groups in total. The molecule has 96 valence electrons. The minimum Gasteiger partial charge on any atom is -0.392 e. The maximum absolute atomic E-state index is 10.2. The largest absolute Gasteiger partial charge is 0.392 e. The number of benzene rings is 1. The smallest absolute Gasteiger partial charge is 0.0620 e. The van der Waals surface area contributed by atoms with Crippen LogP contribution in [0.5, 0.6) is 0 Å². The van der Waals surface area contributed by atoms with Gasteiger partial charge in [-0.05, 0) is 24.1 Å². The summed E-state index contributed by atoms with van der Waals surface area (Å²) in [4.78, 5) is 0. The molecule has 0 spiro atoms. The van der Waals surface area contributed by atoms with Gasteiger partial charge in [0.2, 0.25) is 0 Å². The average molecular weight is 300 g/mol. The fourth-order valence-corrected chi connectivity index (χ4v) is 2.47. The van der Waals surface area contributed by atoms with E-state index in [0.29, 0.717) is 6.54 Å². The van der Waals surface area contributed by atoms with Gasteiger partial charge in [-0.2, -0.15) is 0 Å². The molecule has 1 aromatic carbocycles. The summed E-state index contributed by atoms with van der Waals surface area (Å²) in [6.07, 6.45) is 3.93. The minimum atomic E-state index is -0.333. The predicted octanol–water partition coefficient (Wildman–Crippen LogP) is 3.43. The lowest BCUT2D eigenvalue weighted by Gasteiger charge is -2.22. The van der Waals surface area contributed by atoms with E-state index in [9.17, 15) is 5.11 Å². The quantitative estimate of drug-likeness (QED) is 0.758. The summed E-state index contributed by atoms with van der Waals surface area (Å²) in [5.41, 5.74) is 6.90. The van der Waals surface area contributed by atoms with E-state index in [1.807, 2.05) is 24.3 Å². The second-order valence-electron chi connectivity index (χ2n) is 4.46. The second-order valence-corrected chi connectivity index (χ2v) is 5.38. The Morgan fingerprint density at radius 1 is 1.35 bits per heavy atom. The first kappa shape index (κ1) is 14.7. The fraction of sp³-hybridized carbons (Fsp3) is 0.571. The third-order valence-corrected chi connectivity index (χ3v) is 3.59. The number of rotatable bonds is 7. The maximum Gasteiger partial charge on any atom is 0.0620 e. The molecule has 0 aliphatic rings. The van der Waals surface area contributed by atoms with Crippen molar-refractivity contribution in [3.8, 4) is 0 Å². The number of hydrogen-bond acceptors (Lipinski definition) is 2. The Balaban J connectivity index is 2.63. The molecule has 3 heteroatoms. The van der Waals surface area contributed by atoms with Crippen LogP contribution >= 0.6 is 15.9 Å². The zero-order valence-corrected chi connectivity index (χ0v) is 12.0. The van der Waals surface area contributed by atoms with Gasteiger partial charge >= 0.3 is 0 Å². The lowest BCUT2D eigenvalue weighted by molar-refractivity contribution is 0.132. The standard InChI is InChI=1S/C14H22BrNO/c1-2-3-4-8-14(17)13(10-16)11-6-5-7-12(15)9-11/h5-7,9,13-14,17H,2-4,8,10,16H2,1H3. The van der Waals surface area contributed by atoms with E-state index in [1.54, 1.807) is 0 Å². The molecule has 1 aromatic rings. The minimum absolute atomic E-state index is 0.0457. The van der Waals surface area contributed by atoms with E-state index in [4.69, 9.17) is 5.73 Å². The number of halogens is 1. The van der Waals surface area contributed by atoms with Gasteiger partial charge in [0.05, 0.1) is 6.10 Å². The summed E-state index contributed by atoms with van der Waals surface area (Å²) in [6, 6.07) is 8.05. The van der Waals surface area contributed by atoms with Crippen LogP contribution in [0.2, 0.25) is 0 Å². The molecule has 0 aliphatic carbocycles. The topological polar surface area (TPSA) is 46.2 Å². The summed E-state index contributed by atoms with van der Waals surface area (Å²) in [5, 5.41) is 10.2. The zero-order valence-electron chi connectivity index (χ0n) is 10.4. The molecular weight excluding hydrogens is 278 g/mol. The van der Waals surface area contributed by atoms with E-state index in [1.165, 1.54) is 12.8 Å².